The van der Waals surface area contributed by atoms with Gasteiger partial charge in [0, 0.05) is 17.4 Å². The van der Waals surface area contributed by atoms with Gasteiger partial charge in [-0.3, -0.25) is 9.98 Å². The summed E-state index contributed by atoms with van der Waals surface area (Å²) >= 11 is 0. The van der Waals surface area contributed by atoms with Gasteiger partial charge in [-0.1, -0.05) is 13.0 Å². The third kappa shape index (κ3) is 1.99. The summed E-state index contributed by atoms with van der Waals surface area (Å²) < 4.78 is 0. The van der Waals surface area contributed by atoms with E-state index in [4.69, 9.17) is 0 Å². The Morgan fingerprint density at radius 2 is 2.21 bits per heavy atom. The van der Waals surface area contributed by atoms with Gasteiger partial charge in [-0.15, -0.1) is 0 Å². The number of imidazole rings is 1. The summed E-state index contributed by atoms with van der Waals surface area (Å²) in [4.78, 5) is 20.2. The lowest BCUT2D eigenvalue weighted by atomic mass is 10.0. The van der Waals surface area contributed by atoms with Crippen LogP contribution in [0.25, 0.3) is 11.6 Å². The summed E-state index contributed by atoms with van der Waals surface area (Å²) in [5, 5.41) is 9.56. The van der Waals surface area contributed by atoms with Crippen molar-refractivity contribution in [1.29, 1.82) is 0 Å². The van der Waals surface area contributed by atoms with Crippen molar-refractivity contribution < 1.29 is 5.11 Å². The molecule has 0 radical (unpaired) electrons. The number of aliphatic imine (C=N–C) groups is 1. The molecule has 3 N–H and O–H groups in total. The molecule has 2 aromatic rings. The number of fused-ring (bicyclic) bond motifs is 1. The Balaban J connectivity index is 2.08. The Morgan fingerprint density at radius 3 is 2.89 bits per heavy atom. The minimum absolute atomic E-state index is 0.161. The number of aromatic amines is 2. The highest BCUT2D eigenvalue weighted by atomic mass is 16.3. The Bertz CT molecular complexity index is 750. The number of nitrogens with one attached hydrogen (secondary N) is 2. The van der Waals surface area contributed by atoms with Crippen molar-refractivity contribution >= 4 is 23.6 Å². The third-order valence-corrected chi connectivity index (χ3v) is 3.16. The molecule has 0 amide bonds. The second-order valence-corrected chi connectivity index (χ2v) is 4.40. The second-order valence-electron chi connectivity index (χ2n) is 4.40. The van der Waals surface area contributed by atoms with Crippen LogP contribution >= 0.6 is 0 Å². The number of aryl methyl sites for hydroxylation is 1. The standard InChI is InChI=1S/C14H13N3O2/c1-2-8-3-4-11-10(5-8)9(7-15-11)6-12-13(18)17-14(19)16-12/h3-7,18H,2H2,1H3,(H2,16,17,19). The lowest BCUT2D eigenvalue weighted by Crippen LogP contribution is -2.00. The van der Waals surface area contributed by atoms with Crippen LogP contribution in [0.3, 0.4) is 0 Å². The van der Waals surface area contributed by atoms with E-state index in [-0.39, 0.29) is 5.88 Å². The summed E-state index contributed by atoms with van der Waals surface area (Å²) in [5.74, 6) is -0.161. The second kappa shape index (κ2) is 4.28. The largest absolute Gasteiger partial charge is 0.493 e. The average Bonchev–Trinajstić information content (AvgIpc) is 2.93. The van der Waals surface area contributed by atoms with Crippen molar-refractivity contribution in [3.05, 3.63) is 45.5 Å². The fourth-order valence-corrected chi connectivity index (χ4v) is 2.12. The van der Waals surface area contributed by atoms with Gasteiger partial charge in [0.1, 0.15) is 5.69 Å². The molecule has 0 saturated heterocycles. The molecule has 0 aliphatic carbocycles. The first kappa shape index (κ1) is 11.5. The zero-order valence-electron chi connectivity index (χ0n) is 10.4. The van der Waals surface area contributed by atoms with Crippen LogP contribution in [0.5, 0.6) is 5.88 Å². The fourth-order valence-electron chi connectivity index (χ4n) is 2.12. The molecule has 96 valence electrons. The van der Waals surface area contributed by atoms with Crippen molar-refractivity contribution in [2.24, 2.45) is 4.99 Å². The molecule has 0 fully saturated rings. The highest BCUT2D eigenvalue weighted by molar-refractivity contribution is 6.21. The highest BCUT2D eigenvalue weighted by Gasteiger charge is 2.14. The molecule has 5 heteroatoms. The zero-order chi connectivity index (χ0) is 13.4. The first-order chi connectivity index (χ1) is 9.17. The molecule has 1 aliphatic heterocycles. The Hall–Kier alpha value is -2.56. The van der Waals surface area contributed by atoms with Crippen LogP contribution in [0.4, 0.5) is 5.69 Å². The van der Waals surface area contributed by atoms with Crippen molar-refractivity contribution in [2.45, 2.75) is 13.3 Å². The summed E-state index contributed by atoms with van der Waals surface area (Å²) in [6, 6.07) is 6.11. The maximum atomic E-state index is 11.1. The van der Waals surface area contributed by atoms with Gasteiger partial charge in [0.25, 0.3) is 0 Å². The predicted molar refractivity (Wildman–Crippen MR) is 74.9 cm³/mol. The van der Waals surface area contributed by atoms with Gasteiger partial charge in [-0.05, 0) is 30.2 Å². The minimum Gasteiger partial charge on any atom is -0.493 e. The average molecular weight is 255 g/mol. The lowest BCUT2D eigenvalue weighted by molar-refractivity contribution is 0.454. The number of hydrogen-bond acceptors (Lipinski definition) is 3. The van der Waals surface area contributed by atoms with Gasteiger partial charge < -0.3 is 10.1 Å². The highest BCUT2D eigenvalue weighted by Crippen LogP contribution is 2.33. The molecule has 0 spiro atoms. The Morgan fingerprint density at radius 1 is 1.37 bits per heavy atom. The molecular weight excluding hydrogens is 242 g/mol. The van der Waals surface area contributed by atoms with Crippen LogP contribution in [0.1, 0.15) is 23.7 Å². The molecular formula is C14H13N3O2. The first-order valence-corrected chi connectivity index (χ1v) is 6.07. The van der Waals surface area contributed by atoms with Crippen molar-refractivity contribution in [3.63, 3.8) is 0 Å². The van der Waals surface area contributed by atoms with E-state index < -0.39 is 5.69 Å². The van der Waals surface area contributed by atoms with Crippen LogP contribution < -0.4 is 5.69 Å². The minimum atomic E-state index is -0.429. The van der Waals surface area contributed by atoms with Gasteiger partial charge in [0.15, 0.2) is 0 Å². The van der Waals surface area contributed by atoms with Crippen LogP contribution in [0.2, 0.25) is 0 Å². The number of aromatic nitrogens is 2. The van der Waals surface area contributed by atoms with E-state index in [1.54, 1.807) is 12.3 Å². The van der Waals surface area contributed by atoms with Crippen molar-refractivity contribution in [2.75, 3.05) is 0 Å². The molecule has 0 saturated carbocycles. The number of benzene rings is 1. The van der Waals surface area contributed by atoms with Crippen LogP contribution in [-0.4, -0.2) is 21.3 Å². The number of rotatable bonds is 2. The van der Waals surface area contributed by atoms with E-state index >= 15 is 0 Å². The molecule has 0 atom stereocenters. The number of H-pyrrole nitrogens is 2. The van der Waals surface area contributed by atoms with Crippen molar-refractivity contribution in [1.82, 2.24) is 9.97 Å². The van der Waals surface area contributed by atoms with Crippen LogP contribution in [-0.2, 0) is 6.42 Å². The molecule has 0 bridgehead atoms. The molecule has 19 heavy (non-hydrogen) atoms. The quantitative estimate of drug-likeness (QED) is 0.769. The van der Waals surface area contributed by atoms with E-state index in [9.17, 15) is 9.90 Å². The van der Waals surface area contributed by atoms with Gasteiger partial charge in [0.2, 0.25) is 5.88 Å². The molecule has 0 unspecified atom stereocenters. The predicted octanol–water partition coefficient (Wildman–Crippen LogP) is 2.23. The van der Waals surface area contributed by atoms with E-state index in [2.05, 4.69) is 34.0 Å². The molecule has 2 heterocycles. The van der Waals surface area contributed by atoms with E-state index in [1.165, 1.54) is 5.56 Å². The molecule has 1 aromatic carbocycles. The number of allylic oxidation sites excluding steroid dienone is 1. The molecule has 3 rings (SSSR count). The molecule has 1 aromatic heterocycles. The topological polar surface area (TPSA) is 81.2 Å². The summed E-state index contributed by atoms with van der Waals surface area (Å²) in [6.45, 7) is 2.09. The smallest absolute Gasteiger partial charge is 0.326 e. The van der Waals surface area contributed by atoms with E-state index in [1.807, 2.05) is 6.07 Å². The van der Waals surface area contributed by atoms with Crippen molar-refractivity contribution in [3.8, 4) is 5.88 Å². The van der Waals surface area contributed by atoms with Gasteiger partial charge in [0.05, 0.1) is 5.69 Å². The fraction of sp³-hybridized carbons (Fsp3) is 0.143. The van der Waals surface area contributed by atoms with Gasteiger partial charge >= 0.3 is 5.69 Å². The maximum Gasteiger partial charge on any atom is 0.326 e. The normalized spacial score (nSPS) is 15.1. The van der Waals surface area contributed by atoms with Gasteiger partial charge in [-0.2, -0.15) is 0 Å². The SMILES string of the molecule is CCc1ccc2c(c1)C(=Cc1[nH]c(=O)[nH]c1O)C=N2. The lowest BCUT2D eigenvalue weighted by Gasteiger charge is -2.02. The third-order valence-electron chi connectivity index (χ3n) is 3.16. The number of hydrogen-bond donors (Lipinski definition) is 3. The summed E-state index contributed by atoms with van der Waals surface area (Å²) in [5.41, 5.74) is 3.95. The van der Waals surface area contributed by atoms with Gasteiger partial charge in [-0.25, -0.2) is 4.79 Å². The summed E-state index contributed by atoms with van der Waals surface area (Å²) in [6.07, 6.45) is 4.39. The zero-order valence-corrected chi connectivity index (χ0v) is 10.4. The number of aromatic hydroxyl groups is 1. The van der Waals surface area contributed by atoms with Crippen LogP contribution in [0.15, 0.2) is 28.0 Å². The van der Waals surface area contributed by atoms with E-state index in [0.717, 1.165) is 23.2 Å². The van der Waals surface area contributed by atoms with E-state index in [0.29, 0.717) is 5.69 Å². The molecule has 1 aliphatic rings. The number of nitrogens with zero attached hydrogens (tertiary/aromatic N) is 1. The Kier molecular flexibility index (Phi) is 2.59. The molecule has 5 nitrogen and oxygen atoms in total. The monoisotopic (exact) mass is 255 g/mol. The first-order valence-electron chi connectivity index (χ1n) is 6.07. The van der Waals surface area contributed by atoms with Crippen LogP contribution in [0, 0.1) is 0 Å². The maximum absolute atomic E-state index is 11.1. The Labute approximate surface area is 109 Å². The summed E-state index contributed by atoms with van der Waals surface area (Å²) in [7, 11) is 0.